The molecule has 3 heteroatoms. The van der Waals surface area contributed by atoms with Crippen LogP contribution < -0.4 is 10.6 Å². The van der Waals surface area contributed by atoms with E-state index in [0.717, 1.165) is 32.4 Å². The van der Waals surface area contributed by atoms with Gasteiger partial charge in [-0.1, -0.05) is 19.8 Å². The maximum atomic E-state index is 12.0. The maximum absolute atomic E-state index is 12.0. The lowest BCUT2D eigenvalue weighted by atomic mass is 9.80. The van der Waals surface area contributed by atoms with Gasteiger partial charge in [-0.25, -0.2) is 0 Å². The van der Waals surface area contributed by atoms with Crippen molar-refractivity contribution in [2.75, 3.05) is 13.1 Å². The van der Waals surface area contributed by atoms with Crippen molar-refractivity contribution in [3.63, 3.8) is 0 Å². The first-order valence-corrected chi connectivity index (χ1v) is 5.60. The molecule has 0 bridgehead atoms. The van der Waals surface area contributed by atoms with Crippen LogP contribution in [0.4, 0.5) is 0 Å². The summed E-state index contributed by atoms with van der Waals surface area (Å²) in [5.74, 6) is 2.70. The Morgan fingerprint density at radius 2 is 2.20 bits per heavy atom. The molecule has 1 heterocycles. The van der Waals surface area contributed by atoms with Gasteiger partial charge in [0, 0.05) is 5.41 Å². The highest BCUT2D eigenvalue weighted by Crippen LogP contribution is 2.28. The summed E-state index contributed by atoms with van der Waals surface area (Å²) in [6.07, 6.45) is 7.89. The van der Waals surface area contributed by atoms with Gasteiger partial charge in [-0.3, -0.25) is 4.79 Å². The van der Waals surface area contributed by atoms with E-state index in [1.807, 2.05) is 13.8 Å². The second-order valence-electron chi connectivity index (χ2n) is 4.41. The molecule has 2 N–H and O–H groups in total. The molecule has 0 aromatic heterocycles. The van der Waals surface area contributed by atoms with Crippen molar-refractivity contribution < 1.29 is 4.79 Å². The van der Waals surface area contributed by atoms with Crippen LogP contribution in [0.15, 0.2) is 0 Å². The highest BCUT2D eigenvalue weighted by atomic mass is 16.2. The number of piperidine rings is 1. The van der Waals surface area contributed by atoms with E-state index in [9.17, 15) is 4.79 Å². The van der Waals surface area contributed by atoms with Crippen molar-refractivity contribution in [2.45, 2.75) is 39.2 Å². The van der Waals surface area contributed by atoms with Gasteiger partial charge in [-0.05, 0) is 32.4 Å². The van der Waals surface area contributed by atoms with Crippen LogP contribution in [0.25, 0.3) is 0 Å². The third-order valence-electron chi connectivity index (χ3n) is 3.17. The standard InChI is InChI=1S/C12H20N2O/c1-4-10(5-2)14-11(15)12(3)6-8-13-9-7-12/h1,10,13H,5-9H2,2-3H3,(H,14,15). The third kappa shape index (κ3) is 2.97. The number of carbonyl (C=O) groups excluding carboxylic acids is 1. The number of hydrogen-bond acceptors (Lipinski definition) is 2. The monoisotopic (exact) mass is 208 g/mol. The molecule has 0 aliphatic carbocycles. The van der Waals surface area contributed by atoms with Gasteiger partial charge in [-0.2, -0.15) is 0 Å². The van der Waals surface area contributed by atoms with E-state index in [4.69, 9.17) is 6.42 Å². The molecule has 0 saturated carbocycles. The number of amides is 1. The van der Waals surface area contributed by atoms with Crippen molar-refractivity contribution >= 4 is 5.91 Å². The minimum absolute atomic E-state index is 0.105. The van der Waals surface area contributed by atoms with Crippen molar-refractivity contribution in [2.24, 2.45) is 5.41 Å². The Labute approximate surface area is 92.0 Å². The summed E-state index contributed by atoms with van der Waals surface area (Å²) < 4.78 is 0. The molecule has 1 amide bonds. The number of carbonyl (C=O) groups is 1. The fourth-order valence-corrected chi connectivity index (χ4v) is 1.80. The van der Waals surface area contributed by atoms with Crippen LogP contribution >= 0.6 is 0 Å². The Morgan fingerprint density at radius 1 is 1.60 bits per heavy atom. The average Bonchev–Trinajstić information content (AvgIpc) is 2.26. The van der Waals surface area contributed by atoms with E-state index in [1.54, 1.807) is 0 Å². The van der Waals surface area contributed by atoms with Crippen molar-refractivity contribution in [1.82, 2.24) is 10.6 Å². The zero-order chi connectivity index (χ0) is 11.3. The van der Waals surface area contributed by atoms with Crippen LogP contribution in [0, 0.1) is 17.8 Å². The predicted octanol–water partition coefficient (Wildman–Crippen LogP) is 0.904. The van der Waals surface area contributed by atoms with Gasteiger partial charge >= 0.3 is 0 Å². The Balaban J connectivity index is 2.55. The zero-order valence-corrected chi connectivity index (χ0v) is 9.60. The molecule has 0 aromatic rings. The second-order valence-corrected chi connectivity index (χ2v) is 4.41. The molecule has 1 atom stereocenters. The lowest BCUT2D eigenvalue weighted by Gasteiger charge is -2.33. The topological polar surface area (TPSA) is 41.1 Å². The largest absolute Gasteiger partial charge is 0.342 e. The summed E-state index contributed by atoms with van der Waals surface area (Å²) in [5.41, 5.74) is -0.241. The first-order chi connectivity index (χ1) is 7.12. The quantitative estimate of drug-likeness (QED) is 0.677. The summed E-state index contributed by atoms with van der Waals surface area (Å²) in [7, 11) is 0. The molecule has 1 saturated heterocycles. The van der Waals surface area contributed by atoms with E-state index in [1.165, 1.54) is 0 Å². The first-order valence-electron chi connectivity index (χ1n) is 5.60. The van der Waals surface area contributed by atoms with Gasteiger partial charge in [0.1, 0.15) is 0 Å². The molecule has 1 rings (SSSR count). The number of nitrogens with one attached hydrogen (secondary N) is 2. The van der Waals surface area contributed by atoms with Gasteiger partial charge in [0.05, 0.1) is 6.04 Å². The minimum atomic E-state index is -0.241. The van der Waals surface area contributed by atoms with E-state index in [0.29, 0.717) is 0 Å². The van der Waals surface area contributed by atoms with Gasteiger partial charge < -0.3 is 10.6 Å². The fraction of sp³-hybridized carbons (Fsp3) is 0.750. The smallest absolute Gasteiger partial charge is 0.227 e. The van der Waals surface area contributed by atoms with Crippen LogP contribution in [-0.4, -0.2) is 25.0 Å². The number of rotatable bonds is 3. The minimum Gasteiger partial charge on any atom is -0.342 e. The maximum Gasteiger partial charge on any atom is 0.227 e. The Kier molecular flexibility index (Phi) is 4.16. The lowest BCUT2D eigenvalue weighted by Crippen LogP contribution is -2.48. The summed E-state index contributed by atoms with van der Waals surface area (Å²) >= 11 is 0. The van der Waals surface area contributed by atoms with Crippen LogP contribution in [0.2, 0.25) is 0 Å². The molecule has 84 valence electrons. The second kappa shape index (κ2) is 5.18. The molecule has 15 heavy (non-hydrogen) atoms. The first kappa shape index (κ1) is 12.1. The molecule has 0 aromatic carbocycles. The summed E-state index contributed by atoms with van der Waals surface area (Å²) in [6.45, 7) is 5.83. The van der Waals surface area contributed by atoms with Gasteiger partial charge in [0.2, 0.25) is 5.91 Å². The van der Waals surface area contributed by atoms with Crippen LogP contribution in [-0.2, 0) is 4.79 Å². The Bertz CT molecular complexity index is 261. The molecular formula is C12H20N2O. The number of terminal acetylenes is 1. The molecule has 0 spiro atoms. The normalized spacial score (nSPS) is 21.4. The predicted molar refractivity (Wildman–Crippen MR) is 61.3 cm³/mol. The van der Waals surface area contributed by atoms with E-state index >= 15 is 0 Å². The molecule has 1 fully saturated rings. The third-order valence-corrected chi connectivity index (χ3v) is 3.17. The summed E-state index contributed by atoms with van der Waals surface area (Å²) in [4.78, 5) is 12.0. The van der Waals surface area contributed by atoms with Crippen molar-refractivity contribution in [3.05, 3.63) is 0 Å². The Hall–Kier alpha value is -1.01. The Morgan fingerprint density at radius 3 is 2.67 bits per heavy atom. The van der Waals surface area contributed by atoms with Gasteiger partial charge in [0.15, 0.2) is 0 Å². The van der Waals surface area contributed by atoms with Crippen molar-refractivity contribution in [1.29, 1.82) is 0 Å². The molecule has 1 aliphatic rings. The zero-order valence-electron chi connectivity index (χ0n) is 9.60. The van der Waals surface area contributed by atoms with E-state index in [2.05, 4.69) is 16.6 Å². The van der Waals surface area contributed by atoms with Gasteiger partial charge in [-0.15, -0.1) is 6.42 Å². The van der Waals surface area contributed by atoms with Gasteiger partial charge in [0.25, 0.3) is 0 Å². The van der Waals surface area contributed by atoms with Crippen LogP contribution in [0.3, 0.4) is 0 Å². The fourth-order valence-electron chi connectivity index (χ4n) is 1.80. The molecule has 1 aliphatic heterocycles. The van der Waals surface area contributed by atoms with Crippen LogP contribution in [0.5, 0.6) is 0 Å². The lowest BCUT2D eigenvalue weighted by molar-refractivity contribution is -0.131. The molecular weight excluding hydrogens is 188 g/mol. The summed E-state index contributed by atoms with van der Waals surface area (Å²) in [5, 5.41) is 6.18. The highest BCUT2D eigenvalue weighted by Gasteiger charge is 2.34. The van der Waals surface area contributed by atoms with Crippen LogP contribution in [0.1, 0.15) is 33.1 Å². The summed E-state index contributed by atoms with van der Waals surface area (Å²) in [6, 6.07) is -0.121. The highest BCUT2D eigenvalue weighted by molar-refractivity contribution is 5.82. The average molecular weight is 208 g/mol. The number of hydrogen-bond donors (Lipinski definition) is 2. The van der Waals surface area contributed by atoms with E-state index in [-0.39, 0.29) is 17.4 Å². The van der Waals surface area contributed by atoms with E-state index < -0.39 is 0 Å². The molecule has 3 nitrogen and oxygen atoms in total. The SMILES string of the molecule is C#CC(CC)NC(=O)C1(C)CCNCC1. The van der Waals surface area contributed by atoms with Crippen molar-refractivity contribution in [3.8, 4) is 12.3 Å². The molecule has 0 radical (unpaired) electrons. The molecule has 1 unspecified atom stereocenters.